The maximum absolute atomic E-state index is 12.3. The highest BCUT2D eigenvalue weighted by molar-refractivity contribution is 5.85. The molecule has 2 aliphatic heterocycles. The van der Waals surface area contributed by atoms with Gasteiger partial charge in [0.1, 0.15) is 6.04 Å². The molecular weight excluding hydrogens is 361 g/mol. The molecular formula is C18H29Cl2N3O2. The van der Waals surface area contributed by atoms with E-state index >= 15 is 0 Å². The van der Waals surface area contributed by atoms with Gasteiger partial charge in [0.05, 0.1) is 6.61 Å². The van der Waals surface area contributed by atoms with Crippen LogP contribution in [0, 0.1) is 5.92 Å². The summed E-state index contributed by atoms with van der Waals surface area (Å²) in [6, 6.07) is 9.21. The van der Waals surface area contributed by atoms with Gasteiger partial charge in [0.15, 0.2) is 0 Å². The number of halogens is 2. The first-order valence-electron chi connectivity index (χ1n) is 8.63. The van der Waals surface area contributed by atoms with Crippen molar-refractivity contribution in [3.63, 3.8) is 0 Å². The zero-order valence-corrected chi connectivity index (χ0v) is 16.1. The molecule has 3 N–H and O–H groups in total. The normalized spacial score (nSPS) is 22.5. The van der Waals surface area contributed by atoms with Crippen LogP contribution >= 0.6 is 24.8 Å². The molecule has 2 heterocycles. The quantitative estimate of drug-likeness (QED) is 0.809. The monoisotopic (exact) mass is 389 g/mol. The van der Waals surface area contributed by atoms with Crippen LogP contribution in [0.25, 0.3) is 0 Å². The van der Waals surface area contributed by atoms with E-state index in [0.29, 0.717) is 5.92 Å². The first-order valence-corrected chi connectivity index (χ1v) is 8.63. The van der Waals surface area contributed by atoms with E-state index < -0.39 is 6.04 Å². The highest BCUT2D eigenvalue weighted by atomic mass is 35.5. The molecule has 2 fully saturated rings. The van der Waals surface area contributed by atoms with Crippen molar-refractivity contribution >= 4 is 30.7 Å². The minimum atomic E-state index is -0.579. The van der Waals surface area contributed by atoms with Crippen molar-refractivity contribution in [1.82, 2.24) is 10.2 Å². The first-order chi connectivity index (χ1) is 11.2. The number of nitrogens with two attached hydrogens (primary N) is 1. The van der Waals surface area contributed by atoms with Gasteiger partial charge in [-0.25, -0.2) is 0 Å². The average Bonchev–Trinajstić information content (AvgIpc) is 3.10. The van der Waals surface area contributed by atoms with Crippen LogP contribution in [-0.4, -0.2) is 49.7 Å². The third-order valence-electron chi connectivity index (χ3n) is 4.92. The zero-order valence-electron chi connectivity index (χ0n) is 14.4. The molecule has 1 aromatic rings. The summed E-state index contributed by atoms with van der Waals surface area (Å²) in [5.74, 6) is 0.617. The molecule has 25 heavy (non-hydrogen) atoms. The van der Waals surface area contributed by atoms with Crippen LogP contribution in [-0.2, 0) is 9.53 Å². The van der Waals surface area contributed by atoms with Crippen LogP contribution in [0.1, 0.15) is 30.9 Å². The largest absolute Gasteiger partial charge is 0.381 e. The maximum Gasteiger partial charge on any atom is 0.241 e. The number of rotatable bonds is 5. The van der Waals surface area contributed by atoms with Crippen molar-refractivity contribution in [3.05, 3.63) is 35.9 Å². The average molecular weight is 390 g/mol. The third-order valence-corrected chi connectivity index (χ3v) is 4.92. The number of carbonyl (C=O) groups excluding carboxylic acids is 1. The number of amides is 1. The van der Waals surface area contributed by atoms with Crippen LogP contribution in [0.2, 0.25) is 0 Å². The Morgan fingerprint density at radius 2 is 1.88 bits per heavy atom. The summed E-state index contributed by atoms with van der Waals surface area (Å²) in [6.07, 6.45) is 3.18. The lowest BCUT2D eigenvalue weighted by Crippen LogP contribution is -2.47. The van der Waals surface area contributed by atoms with E-state index in [4.69, 9.17) is 10.5 Å². The molecule has 2 atom stereocenters. The van der Waals surface area contributed by atoms with Gasteiger partial charge in [0, 0.05) is 32.3 Å². The lowest BCUT2D eigenvalue weighted by Gasteiger charge is -2.34. The summed E-state index contributed by atoms with van der Waals surface area (Å²) in [5.41, 5.74) is 6.92. The third kappa shape index (κ3) is 6.42. The number of nitrogens with zero attached hydrogens (tertiary/aromatic N) is 1. The Kier molecular flexibility index (Phi) is 9.75. The smallest absolute Gasteiger partial charge is 0.241 e. The number of piperidine rings is 1. The van der Waals surface area contributed by atoms with Gasteiger partial charge in [-0.1, -0.05) is 30.3 Å². The van der Waals surface area contributed by atoms with Crippen molar-refractivity contribution < 1.29 is 9.53 Å². The maximum atomic E-state index is 12.3. The predicted molar refractivity (Wildman–Crippen MR) is 104 cm³/mol. The summed E-state index contributed by atoms with van der Waals surface area (Å²) in [5, 5.41) is 3.12. The lowest BCUT2D eigenvalue weighted by molar-refractivity contribution is -0.123. The zero-order chi connectivity index (χ0) is 16.1. The van der Waals surface area contributed by atoms with Gasteiger partial charge in [-0.15, -0.1) is 24.8 Å². The van der Waals surface area contributed by atoms with Crippen molar-refractivity contribution in [2.75, 3.05) is 32.8 Å². The Bertz CT molecular complexity index is 504. The van der Waals surface area contributed by atoms with Crippen molar-refractivity contribution in [2.45, 2.75) is 31.3 Å². The van der Waals surface area contributed by atoms with Crippen molar-refractivity contribution in [2.24, 2.45) is 11.7 Å². The molecule has 7 heteroatoms. The van der Waals surface area contributed by atoms with E-state index in [1.807, 2.05) is 30.3 Å². The molecule has 0 aliphatic carbocycles. The van der Waals surface area contributed by atoms with E-state index in [1.54, 1.807) is 0 Å². The number of likely N-dealkylation sites (tertiary alicyclic amines) is 1. The molecule has 2 aliphatic rings. The van der Waals surface area contributed by atoms with Gasteiger partial charge < -0.3 is 20.7 Å². The molecule has 0 aromatic heterocycles. The number of ether oxygens (including phenoxy) is 1. The van der Waals surface area contributed by atoms with Crippen LogP contribution in [0.4, 0.5) is 0 Å². The Hall–Kier alpha value is -0.850. The highest BCUT2D eigenvalue weighted by Crippen LogP contribution is 2.18. The minimum Gasteiger partial charge on any atom is -0.381 e. The molecule has 0 spiro atoms. The molecule has 3 rings (SSSR count). The van der Waals surface area contributed by atoms with Gasteiger partial charge in [-0.3, -0.25) is 4.79 Å². The number of benzene rings is 1. The van der Waals surface area contributed by atoms with Gasteiger partial charge >= 0.3 is 0 Å². The van der Waals surface area contributed by atoms with Crippen LogP contribution < -0.4 is 11.1 Å². The highest BCUT2D eigenvalue weighted by Gasteiger charge is 2.26. The topological polar surface area (TPSA) is 67.6 Å². The van der Waals surface area contributed by atoms with E-state index in [1.165, 1.54) is 6.42 Å². The second-order valence-electron chi connectivity index (χ2n) is 6.70. The molecule has 0 bridgehead atoms. The van der Waals surface area contributed by atoms with Gasteiger partial charge in [0.25, 0.3) is 0 Å². The van der Waals surface area contributed by atoms with Gasteiger partial charge in [-0.05, 0) is 30.7 Å². The number of hydrogen-bond acceptors (Lipinski definition) is 4. The fourth-order valence-corrected chi connectivity index (χ4v) is 3.46. The van der Waals surface area contributed by atoms with E-state index in [2.05, 4.69) is 10.2 Å². The van der Waals surface area contributed by atoms with Gasteiger partial charge in [-0.2, -0.15) is 0 Å². The number of nitrogens with one attached hydrogen (secondary N) is 1. The molecule has 1 amide bonds. The Balaban J connectivity index is 0.00000156. The van der Waals surface area contributed by atoms with Crippen molar-refractivity contribution in [3.8, 4) is 0 Å². The minimum absolute atomic E-state index is 0. The summed E-state index contributed by atoms with van der Waals surface area (Å²) >= 11 is 0. The standard InChI is InChI=1S/C18H27N3O2.2ClH/c19-17(15-4-2-1-3-5-15)18(22)20-16-6-9-21(10-7-16)12-14-8-11-23-13-14;;/h1-5,14,16-17H,6-13,19H2,(H,20,22);2*1H. The molecule has 0 saturated carbocycles. The van der Waals surface area contributed by atoms with E-state index in [0.717, 1.165) is 51.3 Å². The SMILES string of the molecule is Cl.Cl.NC(C(=O)NC1CCN(CC2CCOC2)CC1)c1ccccc1. The summed E-state index contributed by atoms with van der Waals surface area (Å²) < 4.78 is 5.44. The molecule has 0 radical (unpaired) electrons. The Morgan fingerprint density at radius 1 is 1.20 bits per heavy atom. The van der Waals surface area contributed by atoms with Crippen LogP contribution in [0.5, 0.6) is 0 Å². The van der Waals surface area contributed by atoms with Crippen LogP contribution in [0.15, 0.2) is 30.3 Å². The molecule has 1 aromatic carbocycles. The fourth-order valence-electron chi connectivity index (χ4n) is 3.46. The second kappa shape index (κ2) is 11.0. The molecule has 2 saturated heterocycles. The Morgan fingerprint density at radius 3 is 2.48 bits per heavy atom. The molecule has 142 valence electrons. The molecule has 2 unspecified atom stereocenters. The number of carbonyl (C=O) groups is 1. The summed E-state index contributed by atoms with van der Waals surface area (Å²) in [6.45, 7) is 5.03. The first kappa shape index (κ1) is 22.2. The van der Waals surface area contributed by atoms with Crippen LogP contribution in [0.3, 0.4) is 0 Å². The van der Waals surface area contributed by atoms with E-state index in [9.17, 15) is 4.79 Å². The fraction of sp³-hybridized carbons (Fsp3) is 0.611. The summed E-state index contributed by atoms with van der Waals surface area (Å²) in [7, 11) is 0. The number of hydrogen-bond donors (Lipinski definition) is 2. The predicted octanol–water partition coefficient (Wildman–Crippen LogP) is 2.15. The summed E-state index contributed by atoms with van der Waals surface area (Å²) in [4.78, 5) is 14.8. The van der Waals surface area contributed by atoms with E-state index in [-0.39, 0.29) is 36.8 Å². The lowest BCUT2D eigenvalue weighted by atomic mass is 10.0. The van der Waals surface area contributed by atoms with Crippen molar-refractivity contribution in [1.29, 1.82) is 0 Å². The second-order valence-corrected chi connectivity index (χ2v) is 6.70. The molecule has 5 nitrogen and oxygen atoms in total. The van der Waals surface area contributed by atoms with Gasteiger partial charge in [0.2, 0.25) is 5.91 Å². The Labute approximate surface area is 162 Å².